The molecule has 0 aliphatic rings. The highest BCUT2D eigenvalue weighted by Crippen LogP contribution is 2.17. The molecule has 0 spiro atoms. The summed E-state index contributed by atoms with van der Waals surface area (Å²) in [6.45, 7) is 0.973. The van der Waals surface area contributed by atoms with E-state index in [1.54, 1.807) is 22.5 Å². The van der Waals surface area contributed by atoms with Gasteiger partial charge in [0.15, 0.2) is 5.16 Å². The van der Waals surface area contributed by atoms with Crippen LogP contribution < -0.4 is 5.73 Å². The molecule has 0 fully saturated rings. The first-order valence-electron chi connectivity index (χ1n) is 5.01. The van der Waals surface area contributed by atoms with Gasteiger partial charge in [-0.1, -0.05) is 11.8 Å². The normalized spacial score (nSPS) is 10.8. The molecule has 0 amide bonds. The topological polar surface area (TPSA) is 74.6 Å². The van der Waals surface area contributed by atoms with Gasteiger partial charge in [-0.2, -0.15) is 0 Å². The molecule has 0 aliphatic heterocycles. The monoisotopic (exact) mass is 238 g/mol. The molecule has 2 aromatic rings. The van der Waals surface area contributed by atoms with Gasteiger partial charge in [0.25, 0.3) is 0 Å². The number of imidazole rings is 1. The van der Waals surface area contributed by atoms with E-state index in [-0.39, 0.29) is 0 Å². The van der Waals surface area contributed by atoms with E-state index in [0.717, 1.165) is 23.9 Å². The van der Waals surface area contributed by atoms with Gasteiger partial charge in [-0.15, -0.1) is 10.2 Å². The summed E-state index contributed by atoms with van der Waals surface area (Å²) in [6.07, 6.45) is 6.64. The third kappa shape index (κ3) is 2.54. The van der Waals surface area contributed by atoms with Crippen molar-refractivity contribution in [2.75, 3.05) is 11.5 Å². The minimum Gasteiger partial charge on any atom is -0.368 e. The van der Waals surface area contributed by atoms with E-state index in [1.165, 1.54) is 0 Å². The molecule has 0 bridgehead atoms. The van der Waals surface area contributed by atoms with E-state index in [2.05, 4.69) is 19.7 Å². The van der Waals surface area contributed by atoms with Crippen LogP contribution in [0.3, 0.4) is 0 Å². The maximum Gasteiger partial charge on any atom is 0.222 e. The van der Waals surface area contributed by atoms with Gasteiger partial charge in [-0.3, -0.25) is 4.57 Å². The molecular weight excluding hydrogens is 224 g/mol. The SMILES string of the molecule is Cn1c(N)nnc1SCCCn1ccnc1. The quantitative estimate of drug-likeness (QED) is 0.615. The summed E-state index contributed by atoms with van der Waals surface area (Å²) >= 11 is 1.67. The number of aromatic nitrogens is 5. The third-order valence-corrected chi connectivity index (χ3v) is 3.33. The molecule has 2 aromatic heterocycles. The molecule has 2 heterocycles. The van der Waals surface area contributed by atoms with Crippen LogP contribution in [-0.2, 0) is 13.6 Å². The van der Waals surface area contributed by atoms with Crippen LogP contribution in [0.1, 0.15) is 6.42 Å². The predicted molar refractivity (Wildman–Crippen MR) is 63.0 cm³/mol. The number of nitrogens with two attached hydrogens (primary N) is 1. The summed E-state index contributed by atoms with van der Waals surface area (Å²) in [5.74, 6) is 1.45. The molecule has 0 unspecified atom stereocenters. The standard InChI is InChI=1S/C9H14N6S/c1-14-8(10)12-13-9(14)16-6-2-4-15-5-3-11-7-15/h3,5,7H,2,4,6H2,1H3,(H2,10,12). The van der Waals surface area contributed by atoms with E-state index in [9.17, 15) is 0 Å². The van der Waals surface area contributed by atoms with Crippen LogP contribution >= 0.6 is 11.8 Å². The minimum absolute atomic E-state index is 0.456. The molecule has 0 atom stereocenters. The Balaban J connectivity index is 1.74. The summed E-state index contributed by atoms with van der Waals surface area (Å²) < 4.78 is 3.85. The van der Waals surface area contributed by atoms with Crippen molar-refractivity contribution in [3.63, 3.8) is 0 Å². The average Bonchev–Trinajstić information content (AvgIpc) is 2.88. The van der Waals surface area contributed by atoms with Crippen LogP contribution in [0.25, 0.3) is 0 Å². The molecule has 6 nitrogen and oxygen atoms in total. The second-order valence-corrected chi connectivity index (χ2v) is 4.46. The van der Waals surface area contributed by atoms with Gasteiger partial charge in [-0.05, 0) is 6.42 Å². The Labute approximate surface area is 97.9 Å². The van der Waals surface area contributed by atoms with Crippen molar-refractivity contribution in [3.05, 3.63) is 18.7 Å². The fourth-order valence-electron chi connectivity index (χ4n) is 1.28. The van der Waals surface area contributed by atoms with Gasteiger partial charge in [0, 0.05) is 31.7 Å². The Kier molecular flexibility index (Phi) is 3.45. The summed E-state index contributed by atoms with van der Waals surface area (Å²) in [5, 5.41) is 8.65. The summed E-state index contributed by atoms with van der Waals surface area (Å²) in [4.78, 5) is 3.99. The zero-order chi connectivity index (χ0) is 11.4. The fourth-order valence-corrected chi connectivity index (χ4v) is 2.12. The van der Waals surface area contributed by atoms with Gasteiger partial charge in [-0.25, -0.2) is 4.98 Å². The van der Waals surface area contributed by atoms with E-state index >= 15 is 0 Å². The molecular formula is C9H14N6S. The zero-order valence-electron chi connectivity index (χ0n) is 9.08. The fraction of sp³-hybridized carbons (Fsp3) is 0.444. The first-order chi connectivity index (χ1) is 7.77. The number of hydrogen-bond donors (Lipinski definition) is 1. The Morgan fingerprint density at radius 3 is 2.94 bits per heavy atom. The average molecular weight is 238 g/mol. The van der Waals surface area contributed by atoms with Gasteiger partial charge in [0.1, 0.15) is 0 Å². The Morgan fingerprint density at radius 1 is 1.44 bits per heavy atom. The number of rotatable bonds is 5. The molecule has 2 rings (SSSR count). The Hall–Kier alpha value is -1.50. The minimum atomic E-state index is 0.456. The largest absolute Gasteiger partial charge is 0.368 e. The lowest BCUT2D eigenvalue weighted by Gasteiger charge is -2.02. The number of nitrogens with zero attached hydrogens (tertiary/aromatic N) is 5. The highest BCUT2D eigenvalue weighted by atomic mass is 32.2. The molecule has 0 saturated carbocycles. The van der Waals surface area contributed by atoms with E-state index in [1.807, 2.05) is 19.6 Å². The lowest BCUT2D eigenvalue weighted by Crippen LogP contribution is -1.99. The van der Waals surface area contributed by atoms with E-state index < -0.39 is 0 Å². The molecule has 0 aromatic carbocycles. The lowest BCUT2D eigenvalue weighted by molar-refractivity contribution is 0.682. The Morgan fingerprint density at radius 2 is 2.31 bits per heavy atom. The lowest BCUT2D eigenvalue weighted by atomic mass is 10.5. The molecule has 0 saturated heterocycles. The number of thioether (sulfide) groups is 1. The highest BCUT2D eigenvalue weighted by molar-refractivity contribution is 7.99. The van der Waals surface area contributed by atoms with Crippen molar-refractivity contribution >= 4 is 17.7 Å². The maximum absolute atomic E-state index is 5.59. The van der Waals surface area contributed by atoms with Crippen LogP contribution in [0.4, 0.5) is 5.95 Å². The van der Waals surface area contributed by atoms with Crippen LogP contribution in [0.5, 0.6) is 0 Å². The zero-order valence-corrected chi connectivity index (χ0v) is 9.89. The van der Waals surface area contributed by atoms with Crippen molar-refractivity contribution in [1.82, 2.24) is 24.3 Å². The van der Waals surface area contributed by atoms with Gasteiger partial charge < -0.3 is 10.3 Å². The number of hydrogen-bond acceptors (Lipinski definition) is 5. The van der Waals surface area contributed by atoms with Crippen molar-refractivity contribution in [2.24, 2.45) is 7.05 Å². The molecule has 7 heteroatoms. The summed E-state index contributed by atoms with van der Waals surface area (Å²) in [7, 11) is 1.87. The second kappa shape index (κ2) is 5.02. The predicted octanol–water partition coefficient (Wildman–Crippen LogP) is 0.776. The Bertz CT molecular complexity index is 435. The third-order valence-electron chi connectivity index (χ3n) is 2.22. The molecule has 16 heavy (non-hydrogen) atoms. The van der Waals surface area contributed by atoms with Gasteiger partial charge >= 0.3 is 0 Å². The smallest absolute Gasteiger partial charge is 0.222 e. The molecule has 86 valence electrons. The van der Waals surface area contributed by atoms with Gasteiger partial charge in [0.05, 0.1) is 6.33 Å². The van der Waals surface area contributed by atoms with E-state index in [0.29, 0.717) is 5.95 Å². The summed E-state index contributed by atoms with van der Waals surface area (Å²) in [5.41, 5.74) is 5.59. The summed E-state index contributed by atoms with van der Waals surface area (Å²) in [6, 6.07) is 0. The van der Waals surface area contributed by atoms with Crippen LogP contribution in [0.15, 0.2) is 23.9 Å². The van der Waals surface area contributed by atoms with Crippen LogP contribution in [-0.4, -0.2) is 30.1 Å². The number of nitrogen functional groups attached to an aromatic ring is 1. The molecule has 2 N–H and O–H groups in total. The van der Waals surface area contributed by atoms with E-state index in [4.69, 9.17) is 5.73 Å². The first kappa shape index (κ1) is 11.0. The molecule has 0 aliphatic carbocycles. The second-order valence-electron chi connectivity index (χ2n) is 3.40. The number of anilines is 1. The van der Waals surface area contributed by atoms with Crippen LogP contribution in [0.2, 0.25) is 0 Å². The highest BCUT2D eigenvalue weighted by Gasteiger charge is 2.05. The van der Waals surface area contributed by atoms with Crippen molar-refractivity contribution < 1.29 is 0 Å². The van der Waals surface area contributed by atoms with Crippen LogP contribution in [0, 0.1) is 0 Å². The maximum atomic E-state index is 5.59. The van der Waals surface area contributed by atoms with Crippen molar-refractivity contribution in [1.29, 1.82) is 0 Å². The van der Waals surface area contributed by atoms with Crippen molar-refractivity contribution in [2.45, 2.75) is 18.1 Å². The number of aryl methyl sites for hydroxylation is 1. The molecule has 0 radical (unpaired) electrons. The van der Waals surface area contributed by atoms with Gasteiger partial charge in [0.2, 0.25) is 5.95 Å². The first-order valence-corrected chi connectivity index (χ1v) is 5.99. The van der Waals surface area contributed by atoms with Crippen molar-refractivity contribution in [3.8, 4) is 0 Å².